The molecule has 5 heteroatoms. The molecule has 0 aliphatic rings. The molecule has 0 rings (SSSR count). The van der Waals surface area contributed by atoms with E-state index in [4.69, 9.17) is 9.47 Å². The molecular formula is C25H54N2O3. The number of hydrogen-bond acceptors (Lipinski definition) is 4. The molecule has 0 saturated heterocycles. The summed E-state index contributed by atoms with van der Waals surface area (Å²) in [5.41, 5.74) is -0.0612. The van der Waals surface area contributed by atoms with Gasteiger partial charge < -0.3 is 20.1 Å². The van der Waals surface area contributed by atoms with Crippen LogP contribution in [0, 0.1) is 10.8 Å². The van der Waals surface area contributed by atoms with Gasteiger partial charge in [-0.25, -0.2) is 0 Å². The molecule has 0 fully saturated rings. The van der Waals surface area contributed by atoms with E-state index in [1.54, 1.807) is 7.11 Å². The highest BCUT2D eigenvalue weighted by atomic mass is 16.5. The van der Waals surface area contributed by atoms with Gasteiger partial charge in [-0.3, -0.25) is 4.79 Å². The molecule has 1 amide bonds. The zero-order chi connectivity index (χ0) is 24.4. The fourth-order valence-electron chi connectivity index (χ4n) is 3.35. The maximum absolute atomic E-state index is 9.97. The molecule has 0 spiro atoms. The summed E-state index contributed by atoms with van der Waals surface area (Å²) in [6, 6.07) is 0.883. The Labute approximate surface area is 188 Å². The van der Waals surface area contributed by atoms with Crippen molar-refractivity contribution in [2.75, 3.05) is 13.7 Å². The lowest BCUT2D eigenvalue weighted by Gasteiger charge is -2.51. The zero-order valence-electron chi connectivity index (χ0n) is 22.7. The summed E-state index contributed by atoms with van der Waals surface area (Å²) in [6.07, 6.45) is 2.85. The predicted molar refractivity (Wildman–Crippen MR) is 130 cm³/mol. The first-order valence-corrected chi connectivity index (χ1v) is 11.5. The first-order valence-electron chi connectivity index (χ1n) is 11.5. The summed E-state index contributed by atoms with van der Waals surface area (Å²) >= 11 is 0. The molecule has 0 bridgehead atoms. The van der Waals surface area contributed by atoms with Gasteiger partial charge in [-0.05, 0) is 51.9 Å². The molecule has 2 atom stereocenters. The number of methoxy groups -OCH3 is 1. The molecule has 182 valence electrons. The van der Waals surface area contributed by atoms with E-state index in [2.05, 4.69) is 101 Å². The molecule has 0 aliphatic heterocycles. The van der Waals surface area contributed by atoms with Crippen LogP contribution in [-0.4, -0.2) is 49.5 Å². The Kier molecular flexibility index (Phi) is 13.7. The Balaban J connectivity index is 0. The van der Waals surface area contributed by atoms with Gasteiger partial charge in [0.05, 0.1) is 17.3 Å². The van der Waals surface area contributed by atoms with Crippen LogP contribution in [0.5, 0.6) is 0 Å². The highest BCUT2D eigenvalue weighted by Crippen LogP contribution is 2.48. The van der Waals surface area contributed by atoms with Gasteiger partial charge in [-0.1, -0.05) is 55.4 Å². The van der Waals surface area contributed by atoms with E-state index in [0.29, 0.717) is 12.1 Å². The molecule has 0 aromatic rings. The summed E-state index contributed by atoms with van der Waals surface area (Å²) in [5, 5.41) is 6.00. The van der Waals surface area contributed by atoms with E-state index in [1.165, 1.54) is 0 Å². The Morgan fingerprint density at radius 1 is 0.933 bits per heavy atom. The van der Waals surface area contributed by atoms with Crippen molar-refractivity contribution in [3.63, 3.8) is 0 Å². The van der Waals surface area contributed by atoms with Gasteiger partial charge in [0.15, 0.2) is 0 Å². The minimum atomic E-state index is -0.186. The number of amides is 1. The van der Waals surface area contributed by atoms with Crippen LogP contribution in [0.25, 0.3) is 0 Å². The monoisotopic (exact) mass is 430 g/mol. The number of ether oxygens (including phenoxy) is 2. The van der Waals surface area contributed by atoms with E-state index < -0.39 is 0 Å². The standard InChI is InChI=1S/C17H36O2.C8H18N2O/c1-13(12-15(5,6)18-11)19-17(9,10)16(7,8)14(2,3)4;1-4-8(5-9-6-11)10-7(2)3/h13H,12H2,1-11H3;6-8,10H,4-5H2,1-3H3,(H,9,11). The number of rotatable bonds is 12. The third kappa shape index (κ3) is 11.7. The molecule has 0 aromatic carbocycles. The molecular weight excluding hydrogens is 376 g/mol. The van der Waals surface area contributed by atoms with E-state index >= 15 is 0 Å². The predicted octanol–water partition coefficient (Wildman–Crippen LogP) is 5.57. The molecule has 0 saturated carbocycles. The maximum atomic E-state index is 9.97. The summed E-state index contributed by atoms with van der Waals surface area (Å²) in [5.74, 6) is 0. The second-order valence-corrected chi connectivity index (χ2v) is 11.4. The molecule has 0 aromatic heterocycles. The Bertz CT molecular complexity index is 466. The molecule has 0 aliphatic carbocycles. The highest BCUT2D eigenvalue weighted by molar-refractivity contribution is 5.45. The molecule has 0 radical (unpaired) electrons. The summed E-state index contributed by atoms with van der Waals surface area (Å²) in [4.78, 5) is 9.97. The lowest BCUT2D eigenvalue weighted by molar-refractivity contribution is -0.176. The van der Waals surface area contributed by atoms with E-state index in [1.807, 2.05) is 0 Å². The van der Waals surface area contributed by atoms with Crippen LogP contribution in [0.15, 0.2) is 0 Å². The van der Waals surface area contributed by atoms with Crippen LogP contribution < -0.4 is 10.6 Å². The molecule has 2 N–H and O–H groups in total. The molecule has 0 heterocycles. The van der Waals surface area contributed by atoms with Gasteiger partial charge in [0, 0.05) is 32.2 Å². The van der Waals surface area contributed by atoms with Gasteiger partial charge in [0.2, 0.25) is 6.41 Å². The quantitative estimate of drug-likeness (QED) is 0.398. The van der Waals surface area contributed by atoms with Crippen LogP contribution >= 0.6 is 0 Å². The van der Waals surface area contributed by atoms with Gasteiger partial charge in [-0.15, -0.1) is 0 Å². The van der Waals surface area contributed by atoms with Gasteiger partial charge >= 0.3 is 0 Å². The van der Waals surface area contributed by atoms with Crippen LogP contribution in [0.3, 0.4) is 0 Å². The van der Waals surface area contributed by atoms with Crippen LogP contribution in [0.1, 0.15) is 103 Å². The number of hydrogen-bond donors (Lipinski definition) is 2. The van der Waals surface area contributed by atoms with E-state index in [9.17, 15) is 4.79 Å². The Morgan fingerprint density at radius 2 is 1.43 bits per heavy atom. The van der Waals surface area contributed by atoms with Crippen molar-refractivity contribution in [1.29, 1.82) is 0 Å². The van der Waals surface area contributed by atoms with E-state index in [0.717, 1.165) is 25.8 Å². The third-order valence-electron chi connectivity index (χ3n) is 6.72. The Morgan fingerprint density at radius 3 is 1.77 bits per heavy atom. The SMILES string of the molecule is CCC(CNC=O)NC(C)C.COC(C)(C)CC(C)OC(C)(C)C(C)(C)C(C)(C)C. The van der Waals surface area contributed by atoms with Crippen molar-refractivity contribution in [2.45, 2.75) is 132 Å². The van der Waals surface area contributed by atoms with Crippen molar-refractivity contribution in [3.05, 3.63) is 0 Å². The zero-order valence-corrected chi connectivity index (χ0v) is 22.7. The lowest BCUT2D eigenvalue weighted by Crippen LogP contribution is -2.51. The van der Waals surface area contributed by atoms with Crippen molar-refractivity contribution in [2.24, 2.45) is 10.8 Å². The normalized spacial score (nSPS) is 15.3. The summed E-state index contributed by atoms with van der Waals surface area (Å²) < 4.78 is 11.9. The van der Waals surface area contributed by atoms with Crippen LogP contribution in [0.4, 0.5) is 0 Å². The van der Waals surface area contributed by atoms with Gasteiger partial charge in [0.1, 0.15) is 0 Å². The summed E-state index contributed by atoms with van der Waals surface area (Å²) in [6.45, 7) is 29.2. The first kappa shape index (κ1) is 31.5. The van der Waals surface area contributed by atoms with Crippen molar-refractivity contribution in [3.8, 4) is 0 Å². The lowest BCUT2D eigenvalue weighted by atomic mass is 9.61. The largest absolute Gasteiger partial charge is 0.379 e. The number of carbonyl (C=O) groups is 1. The minimum Gasteiger partial charge on any atom is -0.379 e. The molecule has 30 heavy (non-hydrogen) atoms. The first-order chi connectivity index (χ1) is 13.4. The molecule has 2 unspecified atom stereocenters. The van der Waals surface area contributed by atoms with Crippen molar-refractivity contribution in [1.82, 2.24) is 10.6 Å². The number of nitrogens with one attached hydrogen (secondary N) is 2. The average molecular weight is 431 g/mol. The van der Waals surface area contributed by atoms with Gasteiger partial charge in [-0.2, -0.15) is 0 Å². The third-order valence-corrected chi connectivity index (χ3v) is 6.72. The highest BCUT2D eigenvalue weighted by Gasteiger charge is 2.47. The number of carbonyl (C=O) groups excluding carboxylic acids is 1. The topological polar surface area (TPSA) is 59.6 Å². The average Bonchev–Trinajstić information content (AvgIpc) is 2.56. The van der Waals surface area contributed by atoms with E-state index in [-0.39, 0.29) is 28.1 Å². The smallest absolute Gasteiger partial charge is 0.207 e. The fourth-order valence-corrected chi connectivity index (χ4v) is 3.35. The molecule has 5 nitrogen and oxygen atoms in total. The van der Waals surface area contributed by atoms with Crippen molar-refractivity contribution < 1.29 is 14.3 Å². The second kappa shape index (κ2) is 13.0. The summed E-state index contributed by atoms with van der Waals surface area (Å²) in [7, 11) is 1.76. The Hall–Kier alpha value is -0.650. The van der Waals surface area contributed by atoms with Crippen molar-refractivity contribution >= 4 is 6.41 Å². The minimum absolute atomic E-state index is 0.0749. The second-order valence-electron chi connectivity index (χ2n) is 11.4. The fraction of sp³-hybridized carbons (Fsp3) is 0.960. The van der Waals surface area contributed by atoms with Gasteiger partial charge in [0.25, 0.3) is 0 Å². The maximum Gasteiger partial charge on any atom is 0.207 e. The van der Waals surface area contributed by atoms with Crippen LogP contribution in [-0.2, 0) is 14.3 Å². The van der Waals surface area contributed by atoms with Crippen LogP contribution in [0.2, 0.25) is 0 Å².